The number of ether oxygens (including phenoxy) is 1. The van der Waals surface area contributed by atoms with Gasteiger partial charge in [-0.2, -0.15) is 0 Å². The summed E-state index contributed by atoms with van der Waals surface area (Å²) in [6.45, 7) is 9.91. The molecule has 4 nitrogen and oxygen atoms in total. The fraction of sp³-hybridized carbons (Fsp3) is 0.867. The van der Waals surface area contributed by atoms with Crippen LogP contribution in [0.3, 0.4) is 0 Å². The maximum absolute atomic E-state index is 12.2. The number of nitrogens with zero attached hydrogens (tertiary/aromatic N) is 2. The lowest BCUT2D eigenvalue weighted by Gasteiger charge is -2.41. The summed E-state index contributed by atoms with van der Waals surface area (Å²) in [7, 11) is 0. The van der Waals surface area contributed by atoms with E-state index in [0.717, 1.165) is 51.4 Å². The van der Waals surface area contributed by atoms with E-state index < -0.39 is 0 Å². The standard InChI is InChI=1S/C15H25N2O2/c1-3-13-15(7-9-16(4-2)10-8-15)19-14(18)17(13)11-12-5-6-12/h12-13H,2-11H2,1H3. The molecule has 0 N–H and O–H groups in total. The molecule has 3 rings (SSSR count). The zero-order valence-electron chi connectivity index (χ0n) is 11.9. The lowest BCUT2D eigenvalue weighted by molar-refractivity contribution is -0.0202. The van der Waals surface area contributed by atoms with Crippen molar-refractivity contribution in [1.29, 1.82) is 0 Å². The number of carbonyl (C=O) groups excluding carboxylic acids is 1. The number of piperidine rings is 1. The summed E-state index contributed by atoms with van der Waals surface area (Å²) in [5.74, 6) is 0.733. The molecule has 2 aliphatic heterocycles. The molecule has 1 atom stereocenters. The lowest BCUT2D eigenvalue weighted by Crippen LogP contribution is -2.52. The van der Waals surface area contributed by atoms with E-state index in [1.807, 2.05) is 4.90 Å². The highest BCUT2D eigenvalue weighted by Crippen LogP contribution is 2.42. The van der Waals surface area contributed by atoms with Gasteiger partial charge in [-0.25, -0.2) is 4.79 Å². The van der Waals surface area contributed by atoms with E-state index in [-0.39, 0.29) is 17.7 Å². The molecule has 1 spiro atoms. The quantitative estimate of drug-likeness (QED) is 0.782. The molecule has 4 heteroatoms. The van der Waals surface area contributed by atoms with Crippen molar-refractivity contribution in [3.8, 4) is 0 Å². The Kier molecular flexibility index (Phi) is 3.46. The van der Waals surface area contributed by atoms with Gasteiger partial charge in [0, 0.05) is 32.5 Å². The van der Waals surface area contributed by atoms with Crippen molar-refractivity contribution < 1.29 is 9.53 Å². The Morgan fingerprint density at radius 2 is 2.05 bits per heavy atom. The Hall–Kier alpha value is -0.770. The van der Waals surface area contributed by atoms with Crippen molar-refractivity contribution in [1.82, 2.24) is 9.80 Å². The third-order valence-corrected chi connectivity index (χ3v) is 5.07. The minimum absolute atomic E-state index is 0.0678. The fourth-order valence-electron chi connectivity index (χ4n) is 3.67. The molecule has 1 radical (unpaired) electrons. The maximum atomic E-state index is 12.2. The zero-order chi connectivity index (χ0) is 13.5. The summed E-state index contributed by atoms with van der Waals surface area (Å²) in [5, 5.41) is 0. The highest BCUT2D eigenvalue weighted by atomic mass is 16.6. The van der Waals surface area contributed by atoms with Crippen LogP contribution in [0.5, 0.6) is 0 Å². The Bertz CT molecular complexity index is 346. The second kappa shape index (κ2) is 4.97. The van der Waals surface area contributed by atoms with Gasteiger partial charge in [0.05, 0.1) is 6.04 Å². The Labute approximate surface area is 116 Å². The number of carbonyl (C=O) groups is 1. The number of hydrogen-bond acceptors (Lipinski definition) is 3. The second-order valence-electron chi connectivity index (χ2n) is 6.29. The summed E-state index contributed by atoms with van der Waals surface area (Å²) in [4.78, 5) is 16.6. The van der Waals surface area contributed by atoms with Crippen LogP contribution in [0.25, 0.3) is 0 Å². The highest BCUT2D eigenvalue weighted by molar-refractivity contribution is 5.71. The van der Waals surface area contributed by atoms with E-state index >= 15 is 0 Å². The van der Waals surface area contributed by atoms with Crippen LogP contribution in [0, 0.1) is 12.8 Å². The average Bonchev–Trinajstić information content (AvgIpc) is 3.19. The molecule has 1 saturated carbocycles. The van der Waals surface area contributed by atoms with Crippen LogP contribution in [-0.2, 0) is 4.74 Å². The monoisotopic (exact) mass is 265 g/mol. The van der Waals surface area contributed by atoms with E-state index in [9.17, 15) is 4.79 Å². The SMILES string of the molecule is [CH2]CN1CCC2(CC1)OC(=O)N(CC1CC1)C2CC. The predicted octanol–water partition coefficient (Wildman–Crippen LogP) is 2.30. The van der Waals surface area contributed by atoms with Crippen LogP contribution in [0.1, 0.15) is 39.0 Å². The lowest BCUT2D eigenvalue weighted by atomic mass is 9.82. The van der Waals surface area contributed by atoms with E-state index in [0.29, 0.717) is 0 Å². The summed E-state index contributed by atoms with van der Waals surface area (Å²) < 4.78 is 5.87. The molecule has 19 heavy (non-hydrogen) atoms. The third kappa shape index (κ3) is 2.35. The zero-order valence-corrected chi connectivity index (χ0v) is 11.9. The Balaban J connectivity index is 1.72. The Morgan fingerprint density at radius 3 is 2.58 bits per heavy atom. The van der Waals surface area contributed by atoms with Gasteiger partial charge in [-0.15, -0.1) is 0 Å². The largest absolute Gasteiger partial charge is 0.440 e. The molecule has 2 heterocycles. The van der Waals surface area contributed by atoms with Crippen LogP contribution in [0.4, 0.5) is 4.79 Å². The van der Waals surface area contributed by atoms with Crippen molar-refractivity contribution in [3.05, 3.63) is 6.92 Å². The number of likely N-dealkylation sites (tertiary alicyclic amines) is 1. The molecule has 1 unspecified atom stereocenters. The molecule has 107 valence electrons. The van der Waals surface area contributed by atoms with Crippen LogP contribution in [-0.4, -0.2) is 53.7 Å². The van der Waals surface area contributed by atoms with Crippen molar-refractivity contribution in [2.45, 2.75) is 50.7 Å². The normalized spacial score (nSPS) is 30.9. The molecule has 0 aromatic rings. The van der Waals surface area contributed by atoms with Gasteiger partial charge in [0.15, 0.2) is 0 Å². The van der Waals surface area contributed by atoms with Gasteiger partial charge in [-0.05, 0) is 38.6 Å². The first-order valence-corrected chi connectivity index (χ1v) is 7.69. The van der Waals surface area contributed by atoms with Gasteiger partial charge in [0.1, 0.15) is 5.60 Å². The van der Waals surface area contributed by atoms with Gasteiger partial charge < -0.3 is 14.5 Å². The first-order chi connectivity index (χ1) is 9.18. The third-order valence-electron chi connectivity index (χ3n) is 5.07. The molecule has 1 aliphatic carbocycles. The molecule has 2 saturated heterocycles. The van der Waals surface area contributed by atoms with Gasteiger partial charge in [0.25, 0.3) is 0 Å². The first-order valence-electron chi connectivity index (χ1n) is 7.69. The molecule has 0 bridgehead atoms. The van der Waals surface area contributed by atoms with E-state index in [2.05, 4.69) is 18.7 Å². The fourth-order valence-corrected chi connectivity index (χ4v) is 3.67. The van der Waals surface area contributed by atoms with E-state index in [1.54, 1.807) is 0 Å². The van der Waals surface area contributed by atoms with Gasteiger partial charge in [-0.1, -0.05) is 6.92 Å². The minimum Gasteiger partial charge on any atom is -0.440 e. The van der Waals surface area contributed by atoms with Crippen molar-refractivity contribution in [2.24, 2.45) is 5.92 Å². The summed E-state index contributed by atoms with van der Waals surface area (Å²) in [6.07, 6.45) is 5.43. The predicted molar refractivity (Wildman–Crippen MR) is 73.8 cm³/mol. The molecule has 0 aromatic heterocycles. The summed E-state index contributed by atoms with van der Waals surface area (Å²) >= 11 is 0. The molecule has 3 fully saturated rings. The van der Waals surface area contributed by atoms with Gasteiger partial charge >= 0.3 is 6.09 Å². The van der Waals surface area contributed by atoms with Gasteiger partial charge in [-0.3, -0.25) is 0 Å². The topological polar surface area (TPSA) is 32.8 Å². The smallest absolute Gasteiger partial charge is 0.410 e. The van der Waals surface area contributed by atoms with Crippen molar-refractivity contribution in [3.63, 3.8) is 0 Å². The molecule has 0 aromatic carbocycles. The average molecular weight is 265 g/mol. The highest BCUT2D eigenvalue weighted by Gasteiger charge is 2.54. The molecule has 1 amide bonds. The minimum atomic E-state index is -0.216. The van der Waals surface area contributed by atoms with Crippen molar-refractivity contribution in [2.75, 3.05) is 26.2 Å². The van der Waals surface area contributed by atoms with Crippen molar-refractivity contribution >= 4 is 6.09 Å². The number of rotatable bonds is 4. The van der Waals surface area contributed by atoms with E-state index in [1.165, 1.54) is 12.8 Å². The number of amides is 1. The molecular formula is C15H25N2O2. The molecular weight excluding hydrogens is 240 g/mol. The van der Waals surface area contributed by atoms with Gasteiger partial charge in [0.2, 0.25) is 0 Å². The van der Waals surface area contributed by atoms with Crippen LogP contribution in [0.15, 0.2) is 0 Å². The second-order valence-corrected chi connectivity index (χ2v) is 6.29. The number of hydrogen-bond donors (Lipinski definition) is 0. The van der Waals surface area contributed by atoms with Crippen LogP contribution >= 0.6 is 0 Å². The summed E-state index contributed by atoms with van der Waals surface area (Å²) in [5.41, 5.74) is -0.216. The summed E-state index contributed by atoms with van der Waals surface area (Å²) in [6, 6.07) is 0.285. The van der Waals surface area contributed by atoms with Crippen LogP contribution in [0.2, 0.25) is 0 Å². The van der Waals surface area contributed by atoms with E-state index in [4.69, 9.17) is 4.74 Å². The molecule has 3 aliphatic rings. The Morgan fingerprint density at radius 1 is 1.37 bits per heavy atom. The van der Waals surface area contributed by atoms with Crippen LogP contribution < -0.4 is 0 Å². The maximum Gasteiger partial charge on any atom is 0.410 e. The first kappa shape index (κ1) is 13.2.